The molecule has 3 N–H and O–H groups in total. The van der Waals surface area contributed by atoms with Crippen LogP contribution in [0.1, 0.15) is 11.4 Å². The van der Waals surface area contributed by atoms with Gasteiger partial charge in [0.15, 0.2) is 0 Å². The number of amides is 1. The number of aryl methyl sites for hydroxylation is 1. The van der Waals surface area contributed by atoms with Crippen LogP contribution < -0.4 is 5.73 Å². The summed E-state index contributed by atoms with van der Waals surface area (Å²) in [7, 11) is 0. The highest BCUT2D eigenvalue weighted by molar-refractivity contribution is 5.91. The van der Waals surface area contributed by atoms with E-state index in [1.54, 1.807) is 6.08 Å². The Morgan fingerprint density at radius 3 is 3.07 bits per heavy atom. The number of nitrogens with zero attached hydrogens (tertiary/aromatic N) is 1. The Morgan fingerprint density at radius 1 is 1.53 bits per heavy atom. The zero-order valence-electron chi connectivity index (χ0n) is 8.32. The minimum atomic E-state index is -0.448. The number of benzene rings is 1. The second kappa shape index (κ2) is 3.57. The summed E-state index contributed by atoms with van der Waals surface area (Å²) in [4.78, 5) is 18.0. The van der Waals surface area contributed by atoms with Gasteiger partial charge in [-0.25, -0.2) is 4.98 Å². The fourth-order valence-electron chi connectivity index (χ4n) is 1.44. The van der Waals surface area contributed by atoms with E-state index in [9.17, 15) is 4.79 Å². The maximum atomic E-state index is 10.6. The number of aromatic nitrogens is 2. The number of hydrogen-bond donors (Lipinski definition) is 2. The summed E-state index contributed by atoms with van der Waals surface area (Å²) in [6.45, 7) is 1.90. The molecule has 1 heterocycles. The molecule has 1 aromatic carbocycles. The van der Waals surface area contributed by atoms with Crippen molar-refractivity contribution in [2.75, 3.05) is 0 Å². The molecule has 0 atom stereocenters. The van der Waals surface area contributed by atoms with Crippen LogP contribution in [0, 0.1) is 6.92 Å². The molecule has 0 unspecified atom stereocenters. The average molecular weight is 201 g/mol. The van der Waals surface area contributed by atoms with Crippen LogP contribution in [0.15, 0.2) is 24.3 Å². The number of carbonyl (C=O) groups excluding carboxylic acids is 1. The Balaban J connectivity index is 2.42. The second-order valence-corrected chi connectivity index (χ2v) is 3.33. The van der Waals surface area contributed by atoms with Gasteiger partial charge in [0, 0.05) is 6.08 Å². The Kier molecular flexibility index (Phi) is 2.25. The first-order valence-corrected chi connectivity index (χ1v) is 4.59. The SMILES string of the molecule is Cc1nc2ccc(C=CC(N)=O)cc2[nH]1. The molecule has 0 bridgehead atoms. The Bertz CT molecular complexity index is 540. The molecule has 15 heavy (non-hydrogen) atoms. The third-order valence-corrected chi connectivity index (χ3v) is 2.06. The molecule has 0 aliphatic carbocycles. The summed E-state index contributed by atoms with van der Waals surface area (Å²) in [5.41, 5.74) is 7.81. The number of rotatable bonds is 2. The molecule has 0 fully saturated rings. The van der Waals surface area contributed by atoms with E-state index in [2.05, 4.69) is 9.97 Å². The van der Waals surface area contributed by atoms with Crippen molar-refractivity contribution in [1.29, 1.82) is 0 Å². The molecule has 0 aliphatic heterocycles. The minimum absolute atomic E-state index is 0.448. The predicted octanol–water partition coefficient (Wildman–Crippen LogP) is 1.37. The Labute approximate surface area is 86.8 Å². The van der Waals surface area contributed by atoms with Crippen LogP contribution in [0.25, 0.3) is 17.1 Å². The quantitative estimate of drug-likeness (QED) is 0.720. The van der Waals surface area contributed by atoms with Crippen LogP contribution in [0.5, 0.6) is 0 Å². The van der Waals surface area contributed by atoms with Gasteiger partial charge in [0.1, 0.15) is 5.82 Å². The molecule has 0 saturated carbocycles. The molecule has 76 valence electrons. The molecule has 4 heteroatoms. The molecule has 2 rings (SSSR count). The molecular formula is C11H11N3O. The standard InChI is InChI=1S/C11H11N3O/c1-7-13-9-4-2-8(3-5-11(12)15)6-10(9)14-7/h2-6H,1H3,(H2,12,15)(H,13,14). The van der Waals surface area contributed by atoms with E-state index in [-0.39, 0.29) is 0 Å². The molecule has 0 saturated heterocycles. The van der Waals surface area contributed by atoms with Crippen LogP contribution >= 0.6 is 0 Å². The third-order valence-electron chi connectivity index (χ3n) is 2.06. The maximum absolute atomic E-state index is 10.6. The molecular weight excluding hydrogens is 190 g/mol. The molecule has 4 nitrogen and oxygen atoms in total. The number of imidazole rings is 1. The lowest BCUT2D eigenvalue weighted by Crippen LogP contribution is -2.04. The summed E-state index contributed by atoms with van der Waals surface area (Å²) < 4.78 is 0. The van der Waals surface area contributed by atoms with E-state index in [0.29, 0.717) is 0 Å². The molecule has 0 aliphatic rings. The first-order valence-electron chi connectivity index (χ1n) is 4.59. The summed E-state index contributed by atoms with van der Waals surface area (Å²) in [5.74, 6) is 0.428. The smallest absolute Gasteiger partial charge is 0.241 e. The van der Waals surface area contributed by atoms with Crippen LogP contribution in [0.4, 0.5) is 0 Å². The van der Waals surface area contributed by atoms with Gasteiger partial charge in [-0.1, -0.05) is 6.07 Å². The molecule has 0 radical (unpaired) electrons. The van der Waals surface area contributed by atoms with E-state index >= 15 is 0 Å². The summed E-state index contributed by atoms with van der Waals surface area (Å²) in [6, 6.07) is 5.72. The van der Waals surface area contributed by atoms with E-state index < -0.39 is 5.91 Å². The topological polar surface area (TPSA) is 71.8 Å². The monoisotopic (exact) mass is 201 g/mol. The van der Waals surface area contributed by atoms with Crippen molar-refractivity contribution in [3.05, 3.63) is 35.7 Å². The Hall–Kier alpha value is -2.10. The van der Waals surface area contributed by atoms with Crippen LogP contribution in [-0.4, -0.2) is 15.9 Å². The zero-order chi connectivity index (χ0) is 10.8. The van der Waals surface area contributed by atoms with Gasteiger partial charge in [-0.05, 0) is 30.7 Å². The number of nitrogens with two attached hydrogens (primary N) is 1. The number of fused-ring (bicyclic) bond motifs is 1. The van der Waals surface area contributed by atoms with Crippen LogP contribution in [-0.2, 0) is 4.79 Å². The fourth-order valence-corrected chi connectivity index (χ4v) is 1.44. The van der Waals surface area contributed by atoms with Gasteiger partial charge in [-0.3, -0.25) is 4.79 Å². The van der Waals surface area contributed by atoms with Crippen molar-refractivity contribution in [3.8, 4) is 0 Å². The van der Waals surface area contributed by atoms with Gasteiger partial charge in [-0.2, -0.15) is 0 Å². The molecule has 1 aromatic heterocycles. The highest BCUT2D eigenvalue weighted by Gasteiger charge is 1.98. The lowest BCUT2D eigenvalue weighted by molar-refractivity contribution is -0.113. The van der Waals surface area contributed by atoms with E-state index in [0.717, 1.165) is 22.4 Å². The zero-order valence-corrected chi connectivity index (χ0v) is 8.32. The van der Waals surface area contributed by atoms with Crippen molar-refractivity contribution in [3.63, 3.8) is 0 Å². The number of primary amides is 1. The normalized spacial score (nSPS) is 11.3. The van der Waals surface area contributed by atoms with Crippen molar-refractivity contribution in [2.45, 2.75) is 6.92 Å². The van der Waals surface area contributed by atoms with Gasteiger partial charge in [-0.15, -0.1) is 0 Å². The van der Waals surface area contributed by atoms with Crippen LogP contribution in [0.2, 0.25) is 0 Å². The summed E-state index contributed by atoms with van der Waals surface area (Å²) in [6.07, 6.45) is 3.02. The maximum Gasteiger partial charge on any atom is 0.241 e. The van der Waals surface area contributed by atoms with Crippen molar-refractivity contribution in [2.24, 2.45) is 5.73 Å². The highest BCUT2D eigenvalue weighted by Crippen LogP contribution is 2.14. The van der Waals surface area contributed by atoms with Crippen molar-refractivity contribution >= 4 is 23.0 Å². The molecule has 1 amide bonds. The van der Waals surface area contributed by atoms with Gasteiger partial charge < -0.3 is 10.7 Å². The number of aromatic amines is 1. The summed E-state index contributed by atoms with van der Waals surface area (Å²) in [5, 5.41) is 0. The molecule has 2 aromatic rings. The lowest BCUT2D eigenvalue weighted by Gasteiger charge is -1.92. The molecule has 0 spiro atoms. The van der Waals surface area contributed by atoms with Gasteiger partial charge >= 0.3 is 0 Å². The first-order chi connectivity index (χ1) is 7.15. The first kappa shape index (κ1) is 9.45. The summed E-state index contributed by atoms with van der Waals surface area (Å²) >= 11 is 0. The lowest BCUT2D eigenvalue weighted by atomic mass is 10.2. The van der Waals surface area contributed by atoms with Crippen LogP contribution in [0.3, 0.4) is 0 Å². The highest BCUT2D eigenvalue weighted by atomic mass is 16.1. The van der Waals surface area contributed by atoms with E-state index in [1.807, 2.05) is 25.1 Å². The van der Waals surface area contributed by atoms with Gasteiger partial charge in [0.2, 0.25) is 5.91 Å². The minimum Gasteiger partial charge on any atom is -0.366 e. The largest absolute Gasteiger partial charge is 0.366 e. The Morgan fingerprint density at radius 2 is 2.33 bits per heavy atom. The third kappa shape index (κ3) is 2.04. The van der Waals surface area contributed by atoms with Crippen molar-refractivity contribution in [1.82, 2.24) is 9.97 Å². The predicted molar refractivity (Wildman–Crippen MR) is 59.1 cm³/mol. The van der Waals surface area contributed by atoms with Crippen molar-refractivity contribution < 1.29 is 4.79 Å². The second-order valence-electron chi connectivity index (χ2n) is 3.33. The van der Waals surface area contributed by atoms with Gasteiger partial charge in [0.05, 0.1) is 11.0 Å². The fraction of sp³-hybridized carbons (Fsp3) is 0.0909. The van der Waals surface area contributed by atoms with E-state index in [1.165, 1.54) is 6.08 Å². The number of nitrogens with one attached hydrogen (secondary N) is 1. The number of carbonyl (C=O) groups is 1. The average Bonchev–Trinajstić information content (AvgIpc) is 2.53. The van der Waals surface area contributed by atoms with E-state index in [4.69, 9.17) is 5.73 Å². The number of H-pyrrole nitrogens is 1. The number of hydrogen-bond acceptors (Lipinski definition) is 2. The van der Waals surface area contributed by atoms with Gasteiger partial charge in [0.25, 0.3) is 0 Å².